The van der Waals surface area contributed by atoms with Gasteiger partial charge in [0.25, 0.3) is 11.6 Å². The number of carbonyl (C=O) groups excluding carboxylic acids is 1. The summed E-state index contributed by atoms with van der Waals surface area (Å²) in [5.41, 5.74) is -0.438. The zero-order valence-electron chi connectivity index (χ0n) is 11.5. The molecule has 7 nitrogen and oxygen atoms in total. The number of aliphatic hydroxyl groups excluding tert-OH is 1. The quantitative estimate of drug-likeness (QED) is 0.582. The number of carbonyl (C=O) groups is 1. The number of nitrogens with one attached hydrogen (secondary N) is 1. The van der Waals surface area contributed by atoms with Crippen molar-refractivity contribution in [2.45, 2.75) is 26.3 Å². The van der Waals surface area contributed by atoms with Gasteiger partial charge in [0, 0.05) is 6.07 Å². The van der Waals surface area contributed by atoms with Gasteiger partial charge in [-0.25, -0.2) is 0 Å². The fourth-order valence-corrected chi connectivity index (χ4v) is 1.71. The van der Waals surface area contributed by atoms with Crippen molar-refractivity contribution in [3.63, 3.8) is 0 Å². The molecule has 0 bridgehead atoms. The molecule has 0 fully saturated rings. The first-order chi connectivity index (χ1) is 9.54. The van der Waals surface area contributed by atoms with Crippen molar-refractivity contribution >= 4 is 11.6 Å². The summed E-state index contributed by atoms with van der Waals surface area (Å²) in [5, 5.41) is 22.7. The molecule has 1 aromatic carbocycles. The molecule has 1 unspecified atom stereocenters. The van der Waals surface area contributed by atoms with E-state index in [2.05, 4.69) is 5.32 Å². The summed E-state index contributed by atoms with van der Waals surface area (Å²) >= 11 is 0. The predicted octanol–water partition coefficient (Wildman–Crippen LogP) is 1.49. The van der Waals surface area contributed by atoms with Crippen molar-refractivity contribution in [1.29, 1.82) is 0 Å². The summed E-state index contributed by atoms with van der Waals surface area (Å²) in [6.45, 7) is 3.58. The van der Waals surface area contributed by atoms with Crippen LogP contribution >= 0.6 is 0 Å². The Hall–Kier alpha value is -2.15. The highest BCUT2D eigenvalue weighted by molar-refractivity contribution is 6.01. The molecule has 2 N–H and O–H groups in total. The Morgan fingerprint density at radius 1 is 1.50 bits per heavy atom. The molecule has 0 spiro atoms. The van der Waals surface area contributed by atoms with Crippen molar-refractivity contribution in [2.24, 2.45) is 0 Å². The molecule has 0 saturated heterocycles. The lowest BCUT2D eigenvalue weighted by Crippen LogP contribution is -2.37. The smallest absolute Gasteiger partial charge is 0.285 e. The van der Waals surface area contributed by atoms with E-state index >= 15 is 0 Å². The van der Waals surface area contributed by atoms with Crippen LogP contribution in [-0.2, 0) is 0 Å². The van der Waals surface area contributed by atoms with E-state index in [0.29, 0.717) is 13.0 Å². The lowest BCUT2D eigenvalue weighted by molar-refractivity contribution is -0.385. The minimum absolute atomic E-state index is 0.119. The van der Waals surface area contributed by atoms with Crippen LogP contribution in [0, 0.1) is 10.1 Å². The topological polar surface area (TPSA) is 102 Å². The molecule has 0 radical (unpaired) electrons. The average molecular weight is 282 g/mol. The number of benzene rings is 1. The monoisotopic (exact) mass is 282 g/mol. The second-order valence-corrected chi connectivity index (χ2v) is 4.10. The first-order valence-electron chi connectivity index (χ1n) is 6.37. The number of amides is 1. The number of rotatable bonds is 7. The van der Waals surface area contributed by atoms with Crippen LogP contribution in [0.5, 0.6) is 5.75 Å². The lowest BCUT2D eigenvalue weighted by Gasteiger charge is -2.15. The number of hydrogen-bond donors (Lipinski definition) is 2. The molecule has 0 aliphatic carbocycles. The minimum Gasteiger partial charge on any atom is -0.493 e. The molecule has 1 amide bonds. The van der Waals surface area contributed by atoms with E-state index in [9.17, 15) is 14.9 Å². The molecule has 0 aliphatic rings. The van der Waals surface area contributed by atoms with Gasteiger partial charge in [0.1, 0.15) is 5.75 Å². The number of nitro groups is 1. The highest BCUT2D eigenvalue weighted by Crippen LogP contribution is 2.28. The summed E-state index contributed by atoms with van der Waals surface area (Å²) in [6, 6.07) is 3.77. The second-order valence-electron chi connectivity index (χ2n) is 4.10. The fourth-order valence-electron chi connectivity index (χ4n) is 1.71. The van der Waals surface area contributed by atoms with Crippen LogP contribution in [0.25, 0.3) is 0 Å². The van der Waals surface area contributed by atoms with Gasteiger partial charge in [0.05, 0.1) is 24.2 Å². The number of nitrogens with zero attached hydrogens (tertiary/aromatic N) is 1. The maximum Gasteiger partial charge on any atom is 0.285 e. The summed E-state index contributed by atoms with van der Waals surface area (Å²) in [4.78, 5) is 22.6. The van der Waals surface area contributed by atoms with Crippen molar-refractivity contribution in [3.05, 3.63) is 33.9 Å². The first-order valence-corrected chi connectivity index (χ1v) is 6.37. The molecule has 0 aliphatic heterocycles. The van der Waals surface area contributed by atoms with Crippen molar-refractivity contribution in [3.8, 4) is 5.75 Å². The summed E-state index contributed by atoms with van der Waals surface area (Å²) in [6.07, 6.45) is 0.521. The largest absolute Gasteiger partial charge is 0.493 e. The molecule has 1 rings (SSSR count). The standard InChI is InChI=1S/C13H18N2O5/c1-3-9(8-16)14-13(17)12-10(15(18)19)6-5-7-11(12)20-4-2/h5-7,9,16H,3-4,8H2,1-2H3,(H,14,17). The van der Waals surface area contributed by atoms with Gasteiger partial charge < -0.3 is 15.2 Å². The van der Waals surface area contributed by atoms with Crippen LogP contribution in [0.3, 0.4) is 0 Å². The second kappa shape index (κ2) is 7.44. The van der Waals surface area contributed by atoms with Gasteiger partial charge >= 0.3 is 0 Å². The number of hydrogen-bond acceptors (Lipinski definition) is 5. The van der Waals surface area contributed by atoms with Gasteiger partial charge in [0.15, 0.2) is 5.56 Å². The Labute approximate surface area is 116 Å². The van der Waals surface area contributed by atoms with Gasteiger partial charge in [-0.05, 0) is 19.4 Å². The van der Waals surface area contributed by atoms with Gasteiger partial charge in [0.2, 0.25) is 0 Å². The van der Waals surface area contributed by atoms with Crippen LogP contribution in [0.15, 0.2) is 18.2 Å². The van der Waals surface area contributed by atoms with Crippen LogP contribution in [0.4, 0.5) is 5.69 Å². The molecule has 0 aromatic heterocycles. The van der Waals surface area contributed by atoms with Crippen LogP contribution in [0.1, 0.15) is 30.6 Å². The number of nitro benzene ring substituents is 1. The average Bonchev–Trinajstić information content (AvgIpc) is 2.44. The maximum atomic E-state index is 12.2. The van der Waals surface area contributed by atoms with E-state index in [4.69, 9.17) is 9.84 Å². The Bertz CT molecular complexity index is 486. The van der Waals surface area contributed by atoms with E-state index in [1.165, 1.54) is 18.2 Å². The van der Waals surface area contributed by atoms with Crippen LogP contribution < -0.4 is 10.1 Å². The molecule has 1 aromatic rings. The number of aliphatic hydroxyl groups is 1. The number of ether oxygens (including phenoxy) is 1. The predicted molar refractivity (Wildman–Crippen MR) is 72.9 cm³/mol. The lowest BCUT2D eigenvalue weighted by atomic mass is 10.1. The Kier molecular flexibility index (Phi) is 5.92. The van der Waals surface area contributed by atoms with Crippen LogP contribution in [0.2, 0.25) is 0 Å². The zero-order valence-corrected chi connectivity index (χ0v) is 11.5. The molecule has 0 saturated carbocycles. The molecule has 0 heterocycles. The van der Waals surface area contributed by atoms with Gasteiger partial charge in [-0.2, -0.15) is 0 Å². The summed E-state index contributed by atoms with van der Waals surface area (Å²) in [5.74, 6) is -0.464. The molecule has 7 heteroatoms. The first kappa shape index (κ1) is 15.9. The zero-order chi connectivity index (χ0) is 15.1. The highest BCUT2D eigenvalue weighted by Gasteiger charge is 2.26. The van der Waals surface area contributed by atoms with Crippen LogP contribution in [-0.4, -0.2) is 35.2 Å². The van der Waals surface area contributed by atoms with E-state index in [1.807, 2.05) is 0 Å². The molecular formula is C13H18N2O5. The fraction of sp³-hybridized carbons (Fsp3) is 0.462. The molecule has 110 valence electrons. The highest BCUT2D eigenvalue weighted by atomic mass is 16.6. The van der Waals surface area contributed by atoms with Gasteiger partial charge in [-0.3, -0.25) is 14.9 Å². The third-order valence-corrected chi connectivity index (χ3v) is 2.78. The Morgan fingerprint density at radius 3 is 2.70 bits per heavy atom. The van der Waals surface area contributed by atoms with Crippen molar-refractivity contribution in [1.82, 2.24) is 5.32 Å². The Morgan fingerprint density at radius 2 is 2.20 bits per heavy atom. The van der Waals surface area contributed by atoms with E-state index in [-0.39, 0.29) is 23.6 Å². The normalized spacial score (nSPS) is 11.8. The third kappa shape index (κ3) is 3.67. The third-order valence-electron chi connectivity index (χ3n) is 2.78. The van der Waals surface area contributed by atoms with E-state index < -0.39 is 16.9 Å². The molecule has 20 heavy (non-hydrogen) atoms. The van der Waals surface area contributed by atoms with E-state index in [1.54, 1.807) is 13.8 Å². The Balaban J connectivity index is 3.18. The van der Waals surface area contributed by atoms with E-state index in [0.717, 1.165) is 0 Å². The molecule has 1 atom stereocenters. The summed E-state index contributed by atoms with van der Waals surface area (Å²) in [7, 11) is 0. The van der Waals surface area contributed by atoms with Crippen molar-refractivity contribution in [2.75, 3.05) is 13.2 Å². The molecular weight excluding hydrogens is 264 g/mol. The SMILES string of the molecule is CCOc1cccc([N+](=O)[O-])c1C(=O)NC(CC)CO. The maximum absolute atomic E-state index is 12.2. The van der Waals surface area contributed by atoms with Gasteiger partial charge in [-0.1, -0.05) is 13.0 Å². The minimum atomic E-state index is -0.628. The van der Waals surface area contributed by atoms with Crippen molar-refractivity contribution < 1.29 is 19.6 Å². The van der Waals surface area contributed by atoms with Gasteiger partial charge in [-0.15, -0.1) is 0 Å². The summed E-state index contributed by atoms with van der Waals surface area (Å²) < 4.78 is 5.27.